The number of benzene rings is 1. The maximum Gasteiger partial charge on any atom is 0.204 e. The van der Waals surface area contributed by atoms with Gasteiger partial charge in [-0.25, -0.2) is 0 Å². The maximum atomic E-state index is 11.7. The molecule has 0 bridgehead atoms. The minimum atomic E-state index is -0.160. The van der Waals surface area contributed by atoms with Crippen LogP contribution in [0.2, 0.25) is 0 Å². The number of hydrogen-bond donors (Lipinski definition) is 0. The van der Waals surface area contributed by atoms with Crippen LogP contribution in [0.5, 0.6) is 17.2 Å². The van der Waals surface area contributed by atoms with Crippen LogP contribution in [-0.4, -0.2) is 32.4 Å². The number of carbonyl (C=O) groups excluding carboxylic acids is 2. The second-order valence-corrected chi connectivity index (χ2v) is 4.66. The summed E-state index contributed by atoms with van der Waals surface area (Å²) in [5, 5.41) is 0. The van der Waals surface area contributed by atoms with E-state index in [1.165, 1.54) is 21.1 Å². The molecule has 0 aliphatic rings. The van der Waals surface area contributed by atoms with Gasteiger partial charge in [0.25, 0.3) is 0 Å². The van der Waals surface area contributed by atoms with E-state index >= 15 is 0 Å². The Bertz CT molecular complexity index is 508. The van der Waals surface area contributed by atoms with E-state index in [1.54, 1.807) is 12.1 Å². The van der Waals surface area contributed by atoms with Gasteiger partial charge >= 0.3 is 0 Å². The summed E-state index contributed by atoms with van der Waals surface area (Å²) in [6, 6.07) is 3.25. The summed E-state index contributed by atoms with van der Waals surface area (Å²) in [7, 11) is 2.97. The number of carbonyl (C=O) groups is 2. The van der Waals surface area contributed by atoms with Gasteiger partial charge in [0.1, 0.15) is 6.61 Å². The molecule has 1 rings (SSSR count). The predicted molar refractivity (Wildman–Crippen MR) is 79.6 cm³/mol. The number of methoxy groups -OCH3 is 2. The number of ether oxygens (including phenoxy) is 3. The highest BCUT2D eigenvalue weighted by Crippen LogP contribution is 2.40. The Labute approximate surface area is 125 Å². The van der Waals surface area contributed by atoms with Crippen LogP contribution < -0.4 is 14.2 Å². The third-order valence-electron chi connectivity index (χ3n) is 3.07. The first kappa shape index (κ1) is 17.0. The molecule has 0 amide bonds. The van der Waals surface area contributed by atoms with Crippen molar-refractivity contribution in [3.8, 4) is 17.2 Å². The van der Waals surface area contributed by atoms with Gasteiger partial charge < -0.3 is 14.2 Å². The Hall–Kier alpha value is -2.04. The Morgan fingerprint density at radius 1 is 1.10 bits per heavy atom. The zero-order valence-electron chi connectivity index (χ0n) is 13.0. The molecule has 0 aliphatic heterocycles. The Balaban J connectivity index is 3.01. The highest BCUT2D eigenvalue weighted by molar-refractivity contribution is 5.98. The summed E-state index contributed by atoms with van der Waals surface area (Å²) in [5.74, 6) is 0.879. The van der Waals surface area contributed by atoms with Gasteiger partial charge in [0, 0.05) is 6.42 Å². The van der Waals surface area contributed by atoms with Crippen molar-refractivity contribution in [2.24, 2.45) is 0 Å². The molecule has 0 spiro atoms. The van der Waals surface area contributed by atoms with Gasteiger partial charge in [-0.2, -0.15) is 0 Å². The molecule has 0 N–H and O–H groups in total. The average molecular weight is 294 g/mol. The molecule has 21 heavy (non-hydrogen) atoms. The van der Waals surface area contributed by atoms with E-state index in [4.69, 9.17) is 14.2 Å². The van der Waals surface area contributed by atoms with E-state index in [9.17, 15) is 9.59 Å². The third-order valence-corrected chi connectivity index (χ3v) is 3.07. The second-order valence-electron chi connectivity index (χ2n) is 4.66. The molecule has 0 radical (unpaired) electrons. The van der Waals surface area contributed by atoms with Gasteiger partial charge in [-0.1, -0.05) is 13.3 Å². The predicted octanol–water partition coefficient (Wildman–Crippen LogP) is 3.04. The number of Topliss-reactive ketones (excluding diaryl/α,β-unsaturated/α-hetero) is 2. The Morgan fingerprint density at radius 3 is 2.33 bits per heavy atom. The number of rotatable bonds is 9. The first-order chi connectivity index (χ1) is 10.0. The SMILES string of the molecule is CCCCC(=O)COc1c(C(C)=O)ccc(OC)c1OC. The first-order valence-corrected chi connectivity index (χ1v) is 6.95. The minimum absolute atomic E-state index is 0.00350. The fraction of sp³-hybridized carbons (Fsp3) is 0.500. The third kappa shape index (κ3) is 4.48. The molecular formula is C16H22O5. The molecule has 5 heteroatoms. The lowest BCUT2D eigenvalue weighted by Gasteiger charge is -2.16. The van der Waals surface area contributed by atoms with Gasteiger partial charge in [-0.15, -0.1) is 0 Å². The van der Waals surface area contributed by atoms with Crippen molar-refractivity contribution in [3.05, 3.63) is 17.7 Å². The van der Waals surface area contributed by atoms with Crippen LogP contribution in [0, 0.1) is 0 Å². The molecule has 5 nitrogen and oxygen atoms in total. The number of hydrogen-bond acceptors (Lipinski definition) is 5. The van der Waals surface area contributed by atoms with Crippen molar-refractivity contribution in [1.29, 1.82) is 0 Å². The van der Waals surface area contributed by atoms with E-state index in [2.05, 4.69) is 0 Å². The summed E-state index contributed by atoms with van der Waals surface area (Å²) in [6.45, 7) is 3.38. The second kappa shape index (κ2) is 8.29. The Morgan fingerprint density at radius 2 is 1.81 bits per heavy atom. The van der Waals surface area contributed by atoms with Gasteiger partial charge in [0.15, 0.2) is 23.1 Å². The first-order valence-electron chi connectivity index (χ1n) is 6.95. The molecule has 116 valence electrons. The van der Waals surface area contributed by atoms with Crippen LogP contribution in [0.4, 0.5) is 0 Å². The number of unbranched alkanes of at least 4 members (excludes halogenated alkanes) is 1. The van der Waals surface area contributed by atoms with Gasteiger partial charge in [0.05, 0.1) is 19.8 Å². The van der Waals surface area contributed by atoms with Crippen molar-refractivity contribution < 1.29 is 23.8 Å². The van der Waals surface area contributed by atoms with E-state index in [1.807, 2.05) is 6.92 Å². The normalized spacial score (nSPS) is 10.1. The van der Waals surface area contributed by atoms with Crippen LogP contribution in [0.1, 0.15) is 43.5 Å². The van der Waals surface area contributed by atoms with E-state index < -0.39 is 0 Å². The standard InChI is InChI=1S/C16H22O5/c1-5-6-7-12(18)10-21-15-13(11(2)17)8-9-14(19-3)16(15)20-4/h8-9H,5-7,10H2,1-4H3. The zero-order valence-corrected chi connectivity index (χ0v) is 13.0. The topological polar surface area (TPSA) is 61.8 Å². The maximum absolute atomic E-state index is 11.7. The highest BCUT2D eigenvalue weighted by atomic mass is 16.5. The Kier molecular flexibility index (Phi) is 6.72. The summed E-state index contributed by atoms with van der Waals surface area (Å²) >= 11 is 0. The van der Waals surface area contributed by atoms with Crippen LogP contribution in [0.3, 0.4) is 0 Å². The highest BCUT2D eigenvalue weighted by Gasteiger charge is 2.19. The van der Waals surface area contributed by atoms with Crippen molar-refractivity contribution in [2.45, 2.75) is 33.1 Å². The van der Waals surface area contributed by atoms with Gasteiger partial charge in [-0.3, -0.25) is 9.59 Å². The lowest BCUT2D eigenvalue weighted by Crippen LogP contribution is -2.13. The lowest BCUT2D eigenvalue weighted by atomic mass is 10.1. The molecule has 0 heterocycles. The zero-order chi connectivity index (χ0) is 15.8. The molecular weight excluding hydrogens is 272 g/mol. The molecule has 0 saturated heterocycles. The van der Waals surface area contributed by atoms with E-state index in [0.29, 0.717) is 23.5 Å². The molecule has 0 atom stereocenters. The van der Waals surface area contributed by atoms with Gasteiger partial charge in [-0.05, 0) is 25.5 Å². The minimum Gasteiger partial charge on any atom is -0.493 e. The number of ketones is 2. The van der Waals surface area contributed by atoms with Crippen molar-refractivity contribution in [3.63, 3.8) is 0 Å². The van der Waals surface area contributed by atoms with Crippen molar-refractivity contribution in [1.82, 2.24) is 0 Å². The summed E-state index contributed by atoms with van der Waals surface area (Å²) in [6.07, 6.45) is 2.25. The lowest BCUT2D eigenvalue weighted by molar-refractivity contribution is -0.121. The molecule has 1 aromatic rings. The largest absolute Gasteiger partial charge is 0.493 e. The molecule has 0 unspecified atom stereocenters. The summed E-state index contributed by atoms with van der Waals surface area (Å²) < 4.78 is 16.0. The van der Waals surface area contributed by atoms with E-state index in [0.717, 1.165) is 12.8 Å². The molecule has 0 aromatic heterocycles. The monoisotopic (exact) mass is 294 g/mol. The molecule has 0 aliphatic carbocycles. The fourth-order valence-corrected chi connectivity index (χ4v) is 1.92. The van der Waals surface area contributed by atoms with Gasteiger partial charge in [0.2, 0.25) is 5.75 Å². The van der Waals surface area contributed by atoms with Crippen molar-refractivity contribution in [2.75, 3.05) is 20.8 Å². The van der Waals surface area contributed by atoms with E-state index in [-0.39, 0.29) is 23.9 Å². The van der Waals surface area contributed by atoms with Crippen molar-refractivity contribution >= 4 is 11.6 Å². The summed E-state index contributed by atoms with van der Waals surface area (Å²) in [4.78, 5) is 23.4. The van der Waals surface area contributed by atoms with Crippen LogP contribution >= 0.6 is 0 Å². The quantitative estimate of drug-likeness (QED) is 0.655. The molecule has 0 saturated carbocycles. The van der Waals surface area contributed by atoms with Crippen LogP contribution in [0.15, 0.2) is 12.1 Å². The fourth-order valence-electron chi connectivity index (χ4n) is 1.92. The van der Waals surface area contributed by atoms with Crippen LogP contribution in [0.25, 0.3) is 0 Å². The van der Waals surface area contributed by atoms with Crippen LogP contribution in [-0.2, 0) is 4.79 Å². The smallest absolute Gasteiger partial charge is 0.204 e. The summed E-state index contributed by atoms with van der Waals surface area (Å²) in [5.41, 5.74) is 0.371. The molecule has 0 fully saturated rings. The molecule has 1 aromatic carbocycles. The average Bonchev–Trinajstić information content (AvgIpc) is 2.49.